The molecule has 1 spiro atoms. The molecule has 1 saturated heterocycles. The van der Waals surface area contributed by atoms with E-state index >= 15 is 0 Å². The van der Waals surface area contributed by atoms with Crippen molar-refractivity contribution in [1.82, 2.24) is 19.6 Å². The van der Waals surface area contributed by atoms with Crippen molar-refractivity contribution < 1.29 is 14.4 Å². The van der Waals surface area contributed by atoms with Crippen LogP contribution in [0.2, 0.25) is 0 Å². The summed E-state index contributed by atoms with van der Waals surface area (Å²) in [5.74, 6) is -0.615. The Morgan fingerprint density at radius 1 is 0.946 bits per heavy atom. The fraction of sp³-hybridized carbons (Fsp3) is 0.393. The summed E-state index contributed by atoms with van der Waals surface area (Å²) in [6.45, 7) is 0.504. The molecule has 9 heteroatoms. The van der Waals surface area contributed by atoms with Gasteiger partial charge in [-0.3, -0.25) is 29.0 Å². The second kappa shape index (κ2) is 7.99. The Hall–Kier alpha value is -4.01. The van der Waals surface area contributed by atoms with Crippen LogP contribution in [-0.4, -0.2) is 44.7 Å². The number of nitrogens with one attached hydrogen (secondary N) is 1. The van der Waals surface area contributed by atoms with Crippen LogP contribution in [0.15, 0.2) is 53.5 Å². The van der Waals surface area contributed by atoms with E-state index in [1.807, 2.05) is 35.2 Å². The Labute approximate surface area is 213 Å². The summed E-state index contributed by atoms with van der Waals surface area (Å²) in [5.41, 5.74) is 0.832. The first kappa shape index (κ1) is 22.2. The van der Waals surface area contributed by atoms with Gasteiger partial charge in [-0.25, -0.2) is 9.78 Å². The number of barbiturate groups is 1. The molecule has 4 amide bonds. The fourth-order valence-corrected chi connectivity index (χ4v) is 6.95. The lowest BCUT2D eigenvalue weighted by Crippen LogP contribution is -2.71. The van der Waals surface area contributed by atoms with Gasteiger partial charge < -0.3 is 4.90 Å². The fourth-order valence-electron chi connectivity index (χ4n) is 6.95. The number of urea groups is 1. The normalized spacial score (nSPS) is 25.6. The molecule has 2 unspecified atom stereocenters. The Morgan fingerprint density at radius 2 is 1.73 bits per heavy atom. The van der Waals surface area contributed by atoms with Crippen molar-refractivity contribution >= 4 is 29.3 Å². The number of pyridine rings is 1. The van der Waals surface area contributed by atoms with Gasteiger partial charge in [0.05, 0.1) is 11.6 Å². The van der Waals surface area contributed by atoms with Gasteiger partial charge >= 0.3 is 6.03 Å². The highest BCUT2D eigenvalue weighted by Gasteiger charge is 2.64. The topological polar surface area (TPSA) is 104 Å². The molecule has 1 aromatic carbocycles. The molecule has 9 nitrogen and oxygen atoms in total. The summed E-state index contributed by atoms with van der Waals surface area (Å²) in [5, 5.41) is 2.54. The van der Waals surface area contributed by atoms with Crippen molar-refractivity contribution in [3.63, 3.8) is 0 Å². The van der Waals surface area contributed by atoms with Gasteiger partial charge in [-0.15, -0.1) is 0 Å². The maximum absolute atomic E-state index is 14.6. The smallest absolute Gasteiger partial charge is 0.331 e. The first-order valence-electron chi connectivity index (χ1n) is 13.0. The quantitative estimate of drug-likeness (QED) is 0.519. The van der Waals surface area contributed by atoms with Gasteiger partial charge in [0.25, 0.3) is 5.56 Å². The third kappa shape index (κ3) is 3.00. The van der Waals surface area contributed by atoms with Gasteiger partial charge in [0, 0.05) is 25.2 Å². The molecule has 5 heterocycles. The van der Waals surface area contributed by atoms with E-state index in [1.54, 1.807) is 18.3 Å². The molecule has 3 aromatic rings. The number of hydrogen-bond acceptors (Lipinski definition) is 6. The van der Waals surface area contributed by atoms with Crippen LogP contribution in [0.3, 0.4) is 0 Å². The summed E-state index contributed by atoms with van der Waals surface area (Å²) in [6, 6.07) is 11.6. The van der Waals surface area contributed by atoms with Crippen LogP contribution in [0, 0.1) is 5.41 Å². The zero-order valence-corrected chi connectivity index (χ0v) is 20.4. The number of imide groups is 2. The van der Waals surface area contributed by atoms with Gasteiger partial charge in [0.15, 0.2) is 5.41 Å². The molecule has 0 radical (unpaired) electrons. The van der Waals surface area contributed by atoms with E-state index in [-0.39, 0.29) is 18.0 Å². The van der Waals surface area contributed by atoms with Crippen molar-refractivity contribution in [3.8, 4) is 0 Å². The first-order chi connectivity index (χ1) is 18.0. The highest BCUT2D eigenvalue weighted by atomic mass is 16.2. The zero-order chi connectivity index (χ0) is 25.3. The Balaban J connectivity index is 1.49. The molecule has 2 aromatic heterocycles. The van der Waals surface area contributed by atoms with Crippen molar-refractivity contribution in [2.24, 2.45) is 5.41 Å². The number of hydrogen-bond donors (Lipinski definition) is 1. The van der Waals surface area contributed by atoms with E-state index in [1.165, 1.54) is 9.30 Å². The molecule has 1 N–H and O–H groups in total. The number of aromatic nitrogens is 2. The van der Waals surface area contributed by atoms with E-state index in [2.05, 4.69) is 5.32 Å². The summed E-state index contributed by atoms with van der Waals surface area (Å²) >= 11 is 0. The molecule has 1 saturated carbocycles. The minimum Gasteiger partial charge on any atom is -0.347 e. The lowest BCUT2D eigenvalue weighted by molar-refractivity contribution is -0.156. The largest absolute Gasteiger partial charge is 0.347 e. The van der Waals surface area contributed by atoms with Crippen LogP contribution < -0.4 is 15.8 Å². The van der Waals surface area contributed by atoms with Crippen LogP contribution in [0.25, 0.3) is 5.65 Å². The van der Waals surface area contributed by atoms with Gasteiger partial charge in [-0.2, -0.15) is 0 Å². The van der Waals surface area contributed by atoms with Crippen LogP contribution in [-0.2, 0) is 22.4 Å². The Bertz CT molecular complexity index is 1540. The summed E-state index contributed by atoms with van der Waals surface area (Å²) in [6.07, 6.45) is 6.61. The minimum absolute atomic E-state index is 0.108. The zero-order valence-electron chi connectivity index (χ0n) is 20.4. The van der Waals surface area contributed by atoms with Crippen molar-refractivity contribution in [2.75, 3.05) is 11.4 Å². The molecule has 1 aliphatic carbocycles. The number of rotatable bonds is 1. The van der Waals surface area contributed by atoms with Crippen LogP contribution in [0.1, 0.15) is 54.8 Å². The predicted molar refractivity (Wildman–Crippen MR) is 135 cm³/mol. The van der Waals surface area contributed by atoms with E-state index in [0.717, 1.165) is 43.2 Å². The van der Waals surface area contributed by atoms with Crippen molar-refractivity contribution in [1.29, 1.82) is 0 Å². The number of nitrogens with zero attached hydrogens (tertiary/aromatic N) is 4. The molecule has 7 rings (SSSR count). The second-order valence-corrected chi connectivity index (χ2v) is 10.6. The summed E-state index contributed by atoms with van der Waals surface area (Å²) < 4.78 is 1.46. The van der Waals surface area contributed by atoms with Gasteiger partial charge in [-0.05, 0) is 42.5 Å². The molecule has 0 bridgehead atoms. The summed E-state index contributed by atoms with van der Waals surface area (Å²) in [4.78, 5) is 63.5. The number of fused-ring (bicyclic) bond motifs is 7. The third-order valence-electron chi connectivity index (χ3n) is 8.67. The molecule has 2 atom stereocenters. The molecular weight excluding hydrogens is 470 g/mol. The highest BCUT2D eigenvalue weighted by molar-refractivity contribution is 6.20. The lowest BCUT2D eigenvalue weighted by atomic mass is 9.65. The molecule has 3 aliphatic heterocycles. The third-order valence-corrected chi connectivity index (χ3v) is 8.67. The van der Waals surface area contributed by atoms with E-state index in [4.69, 9.17) is 4.98 Å². The maximum Gasteiger partial charge on any atom is 0.331 e. The van der Waals surface area contributed by atoms with Crippen molar-refractivity contribution in [2.45, 2.75) is 57.0 Å². The van der Waals surface area contributed by atoms with Gasteiger partial charge in [0.2, 0.25) is 11.8 Å². The van der Waals surface area contributed by atoms with E-state index < -0.39 is 29.3 Å². The summed E-state index contributed by atoms with van der Waals surface area (Å²) in [7, 11) is 0. The van der Waals surface area contributed by atoms with Crippen LogP contribution in [0.4, 0.5) is 10.6 Å². The molecule has 188 valence electrons. The number of carbonyl (C=O) groups is 3. The number of carbonyl (C=O) groups excluding carboxylic acids is 3. The number of anilines is 1. The molecule has 4 aliphatic rings. The van der Waals surface area contributed by atoms with Crippen LogP contribution in [0.5, 0.6) is 0 Å². The number of amides is 4. The van der Waals surface area contributed by atoms with Crippen LogP contribution >= 0.6 is 0 Å². The monoisotopic (exact) mass is 497 g/mol. The molecule has 2 fully saturated rings. The molecular formula is C28H27N5O4. The molecule has 37 heavy (non-hydrogen) atoms. The standard InChI is InChI=1S/C28H27N5O4/c34-24-20-16-28(25(35)30-27(37)33(26(28)36)18-9-2-1-3-10-18)22-19-11-5-4-8-17(19)13-15-32(22)23(20)29-21-12-6-7-14-31(21)24/h4-8,11-12,14,18,22H,1-3,9-10,13,15-16H2,(H,30,35,37). The van der Waals surface area contributed by atoms with E-state index in [9.17, 15) is 19.2 Å². The predicted octanol–water partition coefficient (Wildman–Crippen LogP) is 2.75. The minimum atomic E-state index is -1.65. The Kier molecular flexibility index (Phi) is 4.80. The first-order valence-corrected chi connectivity index (χ1v) is 13.0. The van der Waals surface area contributed by atoms with E-state index in [0.29, 0.717) is 30.0 Å². The average Bonchev–Trinajstić information content (AvgIpc) is 2.92. The maximum atomic E-state index is 14.6. The SMILES string of the molecule is O=C1NC(=O)C2(Cc3c(nc4ccccn4c3=O)N3CCc4ccccc4C32)C(=O)N1C1CCCCC1. The van der Waals surface area contributed by atoms with Gasteiger partial charge in [-0.1, -0.05) is 49.6 Å². The Morgan fingerprint density at radius 3 is 2.57 bits per heavy atom. The lowest BCUT2D eigenvalue weighted by Gasteiger charge is -2.54. The number of benzene rings is 1. The second-order valence-electron chi connectivity index (χ2n) is 10.6. The highest BCUT2D eigenvalue weighted by Crippen LogP contribution is 2.53. The van der Waals surface area contributed by atoms with Crippen molar-refractivity contribution in [3.05, 3.63) is 75.7 Å². The average molecular weight is 498 g/mol. The van der Waals surface area contributed by atoms with Gasteiger partial charge in [0.1, 0.15) is 11.5 Å².